The lowest BCUT2D eigenvalue weighted by molar-refractivity contribution is -0.141. The number of carbonyl (C=O) groups excluding carboxylic acids is 1. The summed E-state index contributed by atoms with van der Waals surface area (Å²) >= 11 is 12.2. The lowest BCUT2D eigenvalue weighted by Crippen LogP contribution is -2.36. The molecule has 42 heavy (non-hydrogen) atoms. The normalized spacial score (nSPS) is 13.7. The van der Waals surface area contributed by atoms with E-state index in [2.05, 4.69) is 9.88 Å². The lowest BCUT2D eigenvalue weighted by atomic mass is 10.1. The Labute approximate surface area is 255 Å². The quantitative estimate of drug-likeness (QED) is 0.156. The van der Waals surface area contributed by atoms with Crippen molar-refractivity contribution in [3.8, 4) is 11.4 Å². The molecule has 0 spiro atoms. The maximum absolute atomic E-state index is 13.8. The van der Waals surface area contributed by atoms with Gasteiger partial charge in [0.1, 0.15) is 12.4 Å². The van der Waals surface area contributed by atoms with Gasteiger partial charge in [-0.1, -0.05) is 54.7 Å². The summed E-state index contributed by atoms with van der Waals surface area (Å²) in [4.78, 5) is 24.0. The van der Waals surface area contributed by atoms with Crippen LogP contribution >= 0.6 is 23.2 Å². The van der Waals surface area contributed by atoms with Crippen LogP contribution in [0.3, 0.4) is 0 Å². The van der Waals surface area contributed by atoms with E-state index in [0.717, 1.165) is 46.0 Å². The molecule has 1 aliphatic heterocycles. The molecule has 1 aromatic heterocycles. The van der Waals surface area contributed by atoms with E-state index in [9.17, 15) is 13.2 Å². The van der Waals surface area contributed by atoms with Crippen molar-refractivity contribution in [3.63, 3.8) is 0 Å². The molecule has 0 saturated carbocycles. The van der Waals surface area contributed by atoms with Gasteiger partial charge in [0.15, 0.2) is 5.82 Å². The van der Waals surface area contributed by atoms with Crippen molar-refractivity contribution in [1.82, 2.24) is 9.97 Å². The molecule has 1 fully saturated rings. The molecule has 0 atom stereocenters. The van der Waals surface area contributed by atoms with Crippen molar-refractivity contribution in [2.24, 2.45) is 0 Å². The summed E-state index contributed by atoms with van der Waals surface area (Å²) in [6.45, 7) is 4.52. The summed E-state index contributed by atoms with van der Waals surface area (Å²) in [5, 5.41) is 1.95. The molecule has 0 unspecified atom stereocenters. The molecule has 2 heterocycles. The zero-order valence-electron chi connectivity index (χ0n) is 23.0. The Kier molecular flexibility index (Phi) is 9.47. The van der Waals surface area contributed by atoms with E-state index < -0.39 is 22.5 Å². The molecule has 0 bridgehead atoms. The topological polar surface area (TPSA) is 102 Å². The number of carbonyl (C=O) groups is 1. The molecule has 12 heteroatoms. The molecule has 0 radical (unpaired) electrons. The highest BCUT2D eigenvalue weighted by Gasteiger charge is 2.29. The number of aromatic nitrogens is 2. The standard InChI is InChI=1S/C30H30Cl2N4O5S/c1-2-3-12-41-29(37)20-36(42(38,39)27-18-24(31)17-25(32)19-27)26-7-6-21-15-23(5-4-22(21)16-26)30-33-9-8-28(34-30)35-10-13-40-14-11-35/h4-9,15-19H,2-3,10-14,20H2,1H3. The van der Waals surface area contributed by atoms with Gasteiger partial charge in [-0.2, -0.15) is 0 Å². The summed E-state index contributed by atoms with van der Waals surface area (Å²) in [7, 11) is -4.23. The fourth-order valence-electron chi connectivity index (χ4n) is 4.60. The highest BCUT2D eigenvalue weighted by atomic mass is 35.5. The van der Waals surface area contributed by atoms with E-state index in [1.165, 1.54) is 18.2 Å². The van der Waals surface area contributed by atoms with Crippen LogP contribution in [0.25, 0.3) is 22.2 Å². The molecule has 5 rings (SSSR count). The Hall–Kier alpha value is -3.44. The number of hydrogen-bond acceptors (Lipinski definition) is 8. The second kappa shape index (κ2) is 13.2. The number of halogens is 2. The summed E-state index contributed by atoms with van der Waals surface area (Å²) in [6, 6.07) is 16.8. The number of rotatable bonds is 10. The van der Waals surface area contributed by atoms with E-state index in [1.54, 1.807) is 24.4 Å². The van der Waals surface area contributed by atoms with Gasteiger partial charge in [0, 0.05) is 34.9 Å². The predicted molar refractivity (Wildman–Crippen MR) is 165 cm³/mol. The number of nitrogens with zero attached hydrogens (tertiary/aromatic N) is 4. The first-order valence-electron chi connectivity index (χ1n) is 13.6. The fraction of sp³-hybridized carbons (Fsp3) is 0.300. The van der Waals surface area contributed by atoms with E-state index in [0.29, 0.717) is 31.1 Å². The molecule has 0 aliphatic carbocycles. The summed E-state index contributed by atoms with van der Waals surface area (Å²) < 4.78 is 39.4. The fourth-order valence-corrected chi connectivity index (χ4v) is 6.73. The zero-order chi connectivity index (χ0) is 29.7. The number of unbranched alkanes of at least 4 members (excludes halogenated alkanes) is 1. The van der Waals surface area contributed by atoms with Gasteiger partial charge >= 0.3 is 5.97 Å². The van der Waals surface area contributed by atoms with Gasteiger partial charge < -0.3 is 14.4 Å². The number of sulfonamides is 1. The summed E-state index contributed by atoms with van der Waals surface area (Å²) in [5.41, 5.74) is 1.12. The summed E-state index contributed by atoms with van der Waals surface area (Å²) in [5.74, 6) is 0.765. The molecule has 1 saturated heterocycles. The van der Waals surface area contributed by atoms with Gasteiger partial charge in [0.25, 0.3) is 10.0 Å². The van der Waals surface area contributed by atoms with Crippen LogP contribution in [0.2, 0.25) is 10.0 Å². The van der Waals surface area contributed by atoms with Crippen molar-refractivity contribution in [3.05, 3.63) is 76.9 Å². The van der Waals surface area contributed by atoms with Crippen LogP contribution in [-0.2, 0) is 24.3 Å². The molecular formula is C30H30Cl2N4O5S. The van der Waals surface area contributed by atoms with Crippen LogP contribution in [0.4, 0.5) is 11.5 Å². The van der Waals surface area contributed by atoms with E-state index in [4.69, 9.17) is 37.7 Å². The van der Waals surface area contributed by atoms with Gasteiger partial charge in [-0.05, 0) is 59.7 Å². The predicted octanol–water partition coefficient (Wildman–Crippen LogP) is 5.98. The van der Waals surface area contributed by atoms with Crippen molar-refractivity contribution in [2.75, 3.05) is 48.7 Å². The SMILES string of the molecule is CCCCOC(=O)CN(c1ccc2cc(-c3nccc(N4CCOCC4)n3)ccc2c1)S(=O)(=O)c1cc(Cl)cc(Cl)c1. The van der Waals surface area contributed by atoms with Gasteiger partial charge in [-0.15, -0.1) is 0 Å². The maximum Gasteiger partial charge on any atom is 0.326 e. The number of hydrogen-bond donors (Lipinski definition) is 0. The third-order valence-electron chi connectivity index (χ3n) is 6.80. The Morgan fingerprint density at radius 3 is 2.45 bits per heavy atom. The van der Waals surface area contributed by atoms with Crippen LogP contribution in [-0.4, -0.2) is 63.8 Å². The number of esters is 1. The minimum absolute atomic E-state index is 0.130. The number of ether oxygens (including phenoxy) is 2. The summed E-state index contributed by atoms with van der Waals surface area (Å²) in [6.07, 6.45) is 3.26. The highest BCUT2D eigenvalue weighted by Crippen LogP contribution is 2.32. The van der Waals surface area contributed by atoms with Gasteiger partial charge in [0.05, 0.1) is 30.4 Å². The third kappa shape index (κ3) is 6.95. The van der Waals surface area contributed by atoms with Crippen molar-refractivity contribution in [1.29, 1.82) is 0 Å². The van der Waals surface area contributed by atoms with E-state index >= 15 is 0 Å². The Balaban J connectivity index is 1.48. The Bertz CT molecular complexity index is 1680. The van der Waals surface area contributed by atoms with Crippen molar-refractivity contribution < 1.29 is 22.7 Å². The average molecular weight is 630 g/mol. The molecule has 0 N–H and O–H groups in total. The Morgan fingerprint density at radius 2 is 1.71 bits per heavy atom. The van der Waals surface area contributed by atoms with Crippen molar-refractivity contribution in [2.45, 2.75) is 24.7 Å². The molecule has 9 nitrogen and oxygen atoms in total. The minimum Gasteiger partial charge on any atom is -0.464 e. The van der Waals surface area contributed by atoms with Crippen LogP contribution in [0.1, 0.15) is 19.8 Å². The molecule has 1 aliphatic rings. The zero-order valence-corrected chi connectivity index (χ0v) is 25.3. The average Bonchev–Trinajstić information content (AvgIpc) is 2.99. The molecule has 4 aromatic rings. The van der Waals surface area contributed by atoms with Crippen LogP contribution in [0.5, 0.6) is 0 Å². The number of morpholine rings is 1. The maximum atomic E-state index is 13.8. The van der Waals surface area contributed by atoms with Crippen molar-refractivity contribution >= 4 is 61.5 Å². The third-order valence-corrected chi connectivity index (χ3v) is 8.99. The number of benzene rings is 3. The van der Waals surface area contributed by atoms with E-state index in [1.807, 2.05) is 31.2 Å². The molecule has 3 aromatic carbocycles. The smallest absolute Gasteiger partial charge is 0.326 e. The first-order valence-corrected chi connectivity index (χ1v) is 15.8. The highest BCUT2D eigenvalue weighted by molar-refractivity contribution is 7.92. The first kappa shape index (κ1) is 30.0. The lowest BCUT2D eigenvalue weighted by Gasteiger charge is -2.27. The monoisotopic (exact) mass is 628 g/mol. The van der Waals surface area contributed by atoms with Gasteiger partial charge in [-0.25, -0.2) is 18.4 Å². The van der Waals surface area contributed by atoms with Gasteiger partial charge in [0.2, 0.25) is 0 Å². The van der Waals surface area contributed by atoms with Crippen LogP contribution < -0.4 is 9.21 Å². The second-order valence-corrected chi connectivity index (χ2v) is 12.5. The first-order chi connectivity index (χ1) is 20.2. The minimum atomic E-state index is -4.23. The number of fused-ring (bicyclic) bond motifs is 1. The Morgan fingerprint density at radius 1 is 1.00 bits per heavy atom. The molecular weight excluding hydrogens is 599 g/mol. The molecule has 220 valence electrons. The number of anilines is 2. The van der Waals surface area contributed by atoms with Gasteiger partial charge in [-0.3, -0.25) is 9.10 Å². The second-order valence-electron chi connectivity index (χ2n) is 9.77. The largest absolute Gasteiger partial charge is 0.464 e. The van der Waals surface area contributed by atoms with Crippen LogP contribution in [0.15, 0.2) is 71.8 Å². The van der Waals surface area contributed by atoms with Crippen LogP contribution in [0, 0.1) is 0 Å². The molecule has 0 amide bonds. The van der Waals surface area contributed by atoms with E-state index in [-0.39, 0.29) is 21.5 Å².